The van der Waals surface area contributed by atoms with E-state index in [1.165, 1.54) is 11.3 Å². The lowest BCUT2D eigenvalue weighted by atomic mass is 10.2. The van der Waals surface area contributed by atoms with Crippen LogP contribution in [0.25, 0.3) is 0 Å². The van der Waals surface area contributed by atoms with Crippen molar-refractivity contribution >= 4 is 27.1 Å². The second-order valence-corrected chi connectivity index (χ2v) is 7.58. The lowest BCUT2D eigenvalue weighted by molar-refractivity contribution is 0.0700. The van der Waals surface area contributed by atoms with Gasteiger partial charge in [0.25, 0.3) is 0 Å². The van der Waals surface area contributed by atoms with E-state index < -0.39 is 15.8 Å². The number of hydrogen-bond donors (Lipinski definition) is 1. The number of hydrogen-bond acceptors (Lipinski definition) is 5. The molecule has 2 rings (SSSR count). The maximum atomic E-state index is 11.5. The van der Waals surface area contributed by atoms with Gasteiger partial charge in [-0.15, -0.1) is 11.3 Å². The zero-order chi connectivity index (χ0) is 13.2. The molecule has 0 radical (unpaired) electrons. The third kappa shape index (κ3) is 3.30. The minimum atomic E-state index is -2.91. The van der Waals surface area contributed by atoms with Crippen LogP contribution in [0.1, 0.15) is 21.7 Å². The van der Waals surface area contributed by atoms with Crippen LogP contribution in [0, 0.1) is 0 Å². The summed E-state index contributed by atoms with van der Waals surface area (Å²) in [6, 6.07) is 1.80. The van der Waals surface area contributed by atoms with Crippen molar-refractivity contribution in [2.24, 2.45) is 0 Å². The summed E-state index contributed by atoms with van der Waals surface area (Å²) < 4.78 is 22.9. The number of carbonyl (C=O) groups is 1. The Bertz CT molecular complexity index is 535. The van der Waals surface area contributed by atoms with Gasteiger partial charge in [0.15, 0.2) is 9.84 Å². The van der Waals surface area contributed by atoms with Gasteiger partial charge in [0.1, 0.15) is 4.88 Å². The lowest BCUT2D eigenvalue weighted by Gasteiger charge is -2.18. The third-order valence-corrected chi connectivity index (χ3v) is 5.64. The van der Waals surface area contributed by atoms with Crippen molar-refractivity contribution in [3.8, 4) is 0 Å². The van der Waals surface area contributed by atoms with Gasteiger partial charge in [-0.25, -0.2) is 13.2 Å². The highest BCUT2D eigenvalue weighted by molar-refractivity contribution is 7.91. The summed E-state index contributed by atoms with van der Waals surface area (Å²) in [7, 11) is -2.91. The van der Waals surface area contributed by atoms with E-state index in [4.69, 9.17) is 5.11 Å². The Morgan fingerprint density at radius 1 is 1.39 bits per heavy atom. The number of nitrogens with zero attached hydrogens (tertiary/aromatic N) is 1. The Kier molecular flexibility index (Phi) is 4.04. The summed E-state index contributed by atoms with van der Waals surface area (Å²) in [5.41, 5.74) is 0.770. The molecule has 1 fully saturated rings. The van der Waals surface area contributed by atoms with Gasteiger partial charge in [-0.3, -0.25) is 4.90 Å². The van der Waals surface area contributed by atoms with E-state index >= 15 is 0 Å². The standard InChI is InChI=1S/C11H15NO4S2/c13-11(14)10-9(2-5-17-10)8-12-3-1-6-18(15,16)7-4-12/h2,5H,1,3-4,6-8H2,(H,13,14). The van der Waals surface area contributed by atoms with Crippen molar-refractivity contribution in [1.29, 1.82) is 0 Å². The molecule has 1 aliphatic rings. The van der Waals surface area contributed by atoms with Crippen molar-refractivity contribution in [2.75, 3.05) is 24.6 Å². The molecule has 100 valence electrons. The molecule has 1 aliphatic heterocycles. The van der Waals surface area contributed by atoms with Gasteiger partial charge >= 0.3 is 5.97 Å². The SMILES string of the molecule is O=C(O)c1sccc1CN1CCCS(=O)(=O)CC1. The predicted octanol–water partition coefficient (Wildman–Crippen LogP) is 1.07. The summed E-state index contributed by atoms with van der Waals surface area (Å²) in [6.07, 6.45) is 0.620. The minimum Gasteiger partial charge on any atom is -0.477 e. The number of carboxylic acid groups (broad SMARTS) is 1. The first kappa shape index (κ1) is 13.5. The van der Waals surface area contributed by atoms with Crippen LogP contribution in [-0.4, -0.2) is 49.0 Å². The molecule has 0 spiro atoms. The first-order valence-corrected chi connectivity index (χ1v) is 8.40. The van der Waals surface area contributed by atoms with Crippen LogP contribution in [0.5, 0.6) is 0 Å². The Balaban J connectivity index is 2.05. The second kappa shape index (κ2) is 5.38. The van der Waals surface area contributed by atoms with Crippen LogP contribution in [0.3, 0.4) is 0 Å². The fourth-order valence-electron chi connectivity index (χ4n) is 2.04. The van der Waals surface area contributed by atoms with Crippen LogP contribution in [0.4, 0.5) is 0 Å². The zero-order valence-corrected chi connectivity index (χ0v) is 11.5. The maximum absolute atomic E-state index is 11.5. The van der Waals surface area contributed by atoms with E-state index in [-0.39, 0.29) is 11.5 Å². The summed E-state index contributed by atoms with van der Waals surface area (Å²) in [6.45, 7) is 1.70. The second-order valence-electron chi connectivity index (χ2n) is 4.36. The zero-order valence-electron chi connectivity index (χ0n) is 9.83. The Morgan fingerprint density at radius 2 is 2.17 bits per heavy atom. The molecule has 1 aromatic heterocycles. The molecule has 0 aliphatic carbocycles. The van der Waals surface area contributed by atoms with Crippen LogP contribution < -0.4 is 0 Å². The number of rotatable bonds is 3. The van der Waals surface area contributed by atoms with E-state index in [2.05, 4.69) is 0 Å². The highest BCUT2D eigenvalue weighted by Crippen LogP contribution is 2.19. The Hall–Kier alpha value is -0.920. The lowest BCUT2D eigenvalue weighted by Crippen LogP contribution is -2.27. The van der Waals surface area contributed by atoms with Gasteiger partial charge < -0.3 is 5.11 Å². The Labute approximate surface area is 110 Å². The molecule has 0 bridgehead atoms. The van der Waals surface area contributed by atoms with Gasteiger partial charge in [-0.1, -0.05) is 0 Å². The average Bonchev–Trinajstić information content (AvgIpc) is 2.66. The molecule has 0 unspecified atom stereocenters. The quantitative estimate of drug-likeness (QED) is 0.901. The predicted molar refractivity (Wildman–Crippen MR) is 69.8 cm³/mol. The fourth-order valence-corrected chi connectivity index (χ4v) is 4.10. The average molecular weight is 289 g/mol. The highest BCUT2D eigenvalue weighted by atomic mass is 32.2. The van der Waals surface area contributed by atoms with Crippen molar-refractivity contribution in [3.05, 3.63) is 21.9 Å². The number of thiophene rings is 1. The van der Waals surface area contributed by atoms with E-state index in [0.717, 1.165) is 5.56 Å². The van der Waals surface area contributed by atoms with Crippen molar-refractivity contribution in [2.45, 2.75) is 13.0 Å². The summed E-state index contributed by atoms with van der Waals surface area (Å²) in [5.74, 6) is -0.513. The van der Waals surface area contributed by atoms with E-state index in [9.17, 15) is 13.2 Å². The van der Waals surface area contributed by atoms with Gasteiger partial charge in [-0.05, 0) is 30.0 Å². The van der Waals surface area contributed by atoms with E-state index in [1.807, 2.05) is 4.90 Å². The molecule has 2 heterocycles. The van der Waals surface area contributed by atoms with Gasteiger partial charge in [0.2, 0.25) is 0 Å². The van der Waals surface area contributed by atoms with Crippen LogP contribution in [0.2, 0.25) is 0 Å². The molecule has 0 saturated carbocycles. The Morgan fingerprint density at radius 3 is 2.89 bits per heavy atom. The molecule has 0 atom stereocenters. The van der Waals surface area contributed by atoms with Gasteiger partial charge in [0.05, 0.1) is 11.5 Å². The van der Waals surface area contributed by atoms with Crippen molar-refractivity contribution in [3.63, 3.8) is 0 Å². The number of carboxylic acids is 1. The fraction of sp³-hybridized carbons (Fsp3) is 0.545. The van der Waals surface area contributed by atoms with E-state index in [1.54, 1.807) is 11.4 Å². The molecule has 7 heteroatoms. The molecule has 0 amide bonds. The third-order valence-electron chi connectivity index (χ3n) is 2.98. The highest BCUT2D eigenvalue weighted by Gasteiger charge is 2.21. The van der Waals surface area contributed by atoms with Crippen LogP contribution in [-0.2, 0) is 16.4 Å². The largest absolute Gasteiger partial charge is 0.477 e. The number of sulfone groups is 1. The van der Waals surface area contributed by atoms with Crippen LogP contribution >= 0.6 is 11.3 Å². The maximum Gasteiger partial charge on any atom is 0.346 e. The number of aromatic carboxylic acids is 1. The summed E-state index contributed by atoms with van der Waals surface area (Å²) >= 11 is 1.21. The smallest absolute Gasteiger partial charge is 0.346 e. The first-order chi connectivity index (χ1) is 8.48. The van der Waals surface area contributed by atoms with Crippen LogP contribution in [0.15, 0.2) is 11.4 Å². The molecule has 1 aromatic rings. The van der Waals surface area contributed by atoms with Gasteiger partial charge in [-0.2, -0.15) is 0 Å². The topological polar surface area (TPSA) is 74.7 Å². The first-order valence-electron chi connectivity index (χ1n) is 5.70. The summed E-state index contributed by atoms with van der Waals surface area (Å²) in [5, 5.41) is 10.8. The molecule has 0 aromatic carbocycles. The monoisotopic (exact) mass is 289 g/mol. The van der Waals surface area contributed by atoms with Crippen molar-refractivity contribution < 1.29 is 18.3 Å². The molecular formula is C11H15NO4S2. The molecule has 1 N–H and O–H groups in total. The van der Waals surface area contributed by atoms with Crippen molar-refractivity contribution in [1.82, 2.24) is 4.90 Å². The normalized spacial score (nSPS) is 20.4. The molecule has 18 heavy (non-hydrogen) atoms. The molecular weight excluding hydrogens is 274 g/mol. The molecule has 1 saturated heterocycles. The summed E-state index contributed by atoms with van der Waals surface area (Å²) in [4.78, 5) is 13.4. The minimum absolute atomic E-state index is 0.166. The van der Waals surface area contributed by atoms with E-state index in [0.29, 0.717) is 30.9 Å². The molecule has 5 nitrogen and oxygen atoms in total. The van der Waals surface area contributed by atoms with Gasteiger partial charge in [0, 0.05) is 13.1 Å².